The lowest BCUT2D eigenvalue weighted by Crippen LogP contribution is -2.21. The molecular formula is C15H17ClN2O. The molecule has 0 radical (unpaired) electrons. The van der Waals surface area contributed by atoms with Crippen LogP contribution in [0.3, 0.4) is 0 Å². The van der Waals surface area contributed by atoms with Gasteiger partial charge in [0, 0.05) is 29.4 Å². The summed E-state index contributed by atoms with van der Waals surface area (Å²) in [5.74, 6) is -0.238. The molecule has 2 unspecified atom stereocenters. The number of hydrogen-bond donors (Lipinski definition) is 2. The molecular weight excluding hydrogens is 260 g/mol. The average Bonchev–Trinajstić information content (AvgIpc) is 2.43. The molecule has 0 aliphatic carbocycles. The summed E-state index contributed by atoms with van der Waals surface area (Å²) in [4.78, 5) is 4.28. The molecule has 0 aliphatic heterocycles. The van der Waals surface area contributed by atoms with Gasteiger partial charge in [0.1, 0.15) is 0 Å². The van der Waals surface area contributed by atoms with Crippen molar-refractivity contribution in [3.8, 4) is 0 Å². The number of benzene rings is 1. The summed E-state index contributed by atoms with van der Waals surface area (Å²) in [5.41, 5.74) is 8.38. The third-order valence-corrected chi connectivity index (χ3v) is 3.50. The van der Waals surface area contributed by atoms with Crippen LogP contribution in [0.25, 0.3) is 0 Å². The van der Waals surface area contributed by atoms with E-state index >= 15 is 0 Å². The zero-order valence-electron chi connectivity index (χ0n) is 10.8. The molecule has 0 amide bonds. The van der Waals surface area contributed by atoms with Crippen molar-refractivity contribution in [2.24, 2.45) is 5.73 Å². The number of aliphatic hydroxyl groups is 1. The fourth-order valence-corrected chi connectivity index (χ4v) is 2.33. The van der Waals surface area contributed by atoms with Gasteiger partial charge in [-0.15, -0.1) is 0 Å². The van der Waals surface area contributed by atoms with Crippen molar-refractivity contribution in [1.82, 2.24) is 4.98 Å². The molecule has 0 aliphatic rings. The highest BCUT2D eigenvalue weighted by Gasteiger charge is 2.23. The van der Waals surface area contributed by atoms with Gasteiger partial charge in [-0.05, 0) is 42.3 Å². The highest BCUT2D eigenvalue weighted by Crippen LogP contribution is 2.32. The van der Waals surface area contributed by atoms with E-state index in [1.807, 2.05) is 37.3 Å². The molecule has 0 saturated carbocycles. The van der Waals surface area contributed by atoms with Crippen molar-refractivity contribution in [3.63, 3.8) is 0 Å². The third-order valence-electron chi connectivity index (χ3n) is 3.26. The van der Waals surface area contributed by atoms with Crippen LogP contribution in [0.15, 0.2) is 42.6 Å². The topological polar surface area (TPSA) is 59.1 Å². The number of rotatable bonds is 4. The molecule has 4 heteroatoms. The van der Waals surface area contributed by atoms with Gasteiger partial charge >= 0.3 is 0 Å². The first-order valence-electron chi connectivity index (χ1n) is 6.18. The van der Waals surface area contributed by atoms with Crippen LogP contribution in [0.4, 0.5) is 0 Å². The maximum atomic E-state index is 10.6. The summed E-state index contributed by atoms with van der Waals surface area (Å²) in [7, 11) is 0. The number of nitrogens with zero attached hydrogens (tertiary/aromatic N) is 1. The Hall–Kier alpha value is -1.42. The fraction of sp³-hybridized carbons (Fsp3) is 0.267. The van der Waals surface area contributed by atoms with Gasteiger partial charge in [-0.3, -0.25) is 4.98 Å². The lowest BCUT2D eigenvalue weighted by Gasteiger charge is -2.23. The Morgan fingerprint density at radius 1 is 1.32 bits per heavy atom. The zero-order chi connectivity index (χ0) is 13.8. The molecule has 2 atom stereocenters. The summed E-state index contributed by atoms with van der Waals surface area (Å²) in [6.45, 7) is 2.27. The predicted molar refractivity (Wildman–Crippen MR) is 77.2 cm³/mol. The quantitative estimate of drug-likeness (QED) is 0.903. The highest BCUT2D eigenvalue weighted by atomic mass is 35.5. The summed E-state index contributed by atoms with van der Waals surface area (Å²) in [6, 6.07) is 11.1. The lowest BCUT2D eigenvalue weighted by molar-refractivity contribution is 0.145. The van der Waals surface area contributed by atoms with Gasteiger partial charge in [0.05, 0.1) is 6.10 Å². The molecule has 1 heterocycles. The van der Waals surface area contributed by atoms with Gasteiger partial charge in [-0.2, -0.15) is 0 Å². The minimum absolute atomic E-state index is 0.238. The lowest BCUT2D eigenvalue weighted by atomic mass is 9.90. The minimum atomic E-state index is -0.710. The number of aromatic nitrogens is 1. The normalized spacial score (nSPS) is 14.1. The third kappa shape index (κ3) is 3.13. The summed E-state index contributed by atoms with van der Waals surface area (Å²) < 4.78 is 0. The molecule has 100 valence electrons. The van der Waals surface area contributed by atoms with Crippen molar-refractivity contribution in [1.29, 1.82) is 0 Å². The Kier molecular flexibility index (Phi) is 4.53. The maximum Gasteiger partial charge on any atom is 0.0888 e. The summed E-state index contributed by atoms with van der Waals surface area (Å²) >= 11 is 6.00. The van der Waals surface area contributed by atoms with E-state index in [9.17, 15) is 5.11 Å². The van der Waals surface area contributed by atoms with Crippen LogP contribution in [-0.2, 0) is 0 Å². The molecule has 0 fully saturated rings. The van der Waals surface area contributed by atoms with Gasteiger partial charge in [0.25, 0.3) is 0 Å². The number of aliphatic hydroxyl groups excluding tert-OH is 1. The SMILES string of the molecule is Cc1ccc(Cl)cc1C(O)C(CN)c1ccccn1. The zero-order valence-corrected chi connectivity index (χ0v) is 11.5. The van der Waals surface area contributed by atoms with Gasteiger partial charge in [0.2, 0.25) is 0 Å². The van der Waals surface area contributed by atoms with Crippen molar-refractivity contribution in [3.05, 3.63) is 64.4 Å². The first-order chi connectivity index (χ1) is 9.13. The van der Waals surface area contributed by atoms with Crippen molar-refractivity contribution >= 4 is 11.6 Å². The molecule has 3 nitrogen and oxygen atoms in total. The van der Waals surface area contributed by atoms with E-state index in [2.05, 4.69) is 4.98 Å². The van der Waals surface area contributed by atoms with Gasteiger partial charge in [0.15, 0.2) is 0 Å². The van der Waals surface area contributed by atoms with Crippen LogP contribution >= 0.6 is 11.6 Å². The number of pyridine rings is 1. The number of halogens is 1. The van der Waals surface area contributed by atoms with E-state index in [1.54, 1.807) is 12.3 Å². The molecule has 0 bridgehead atoms. The van der Waals surface area contributed by atoms with Crippen LogP contribution in [0.1, 0.15) is 28.8 Å². The highest BCUT2D eigenvalue weighted by molar-refractivity contribution is 6.30. The largest absolute Gasteiger partial charge is 0.388 e. The minimum Gasteiger partial charge on any atom is -0.388 e. The van der Waals surface area contributed by atoms with Crippen molar-refractivity contribution in [2.75, 3.05) is 6.54 Å². The Morgan fingerprint density at radius 3 is 2.74 bits per heavy atom. The van der Waals surface area contributed by atoms with E-state index in [-0.39, 0.29) is 5.92 Å². The first kappa shape index (κ1) is 14.0. The van der Waals surface area contributed by atoms with E-state index in [4.69, 9.17) is 17.3 Å². The first-order valence-corrected chi connectivity index (χ1v) is 6.56. The Morgan fingerprint density at radius 2 is 2.11 bits per heavy atom. The molecule has 3 N–H and O–H groups in total. The Labute approximate surface area is 118 Å². The van der Waals surface area contributed by atoms with Crippen LogP contribution in [0, 0.1) is 6.92 Å². The monoisotopic (exact) mass is 276 g/mol. The molecule has 2 rings (SSSR count). The number of nitrogens with two attached hydrogens (primary N) is 1. The standard InChI is InChI=1S/C15H17ClN2O/c1-10-5-6-11(16)8-12(10)15(19)13(9-17)14-4-2-3-7-18-14/h2-8,13,15,19H,9,17H2,1H3. The van der Waals surface area contributed by atoms with E-state index in [1.165, 1.54) is 0 Å². The van der Waals surface area contributed by atoms with Crippen LogP contribution in [0.2, 0.25) is 5.02 Å². The molecule has 0 saturated heterocycles. The second-order valence-corrected chi connectivity index (χ2v) is 4.98. The Balaban J connectivity index is 2.36. The predicted octanol–water partition coefficient (Wildman–Crippen LogP) is 2.82. The van der Waals surface area contributed by atoms with Gasteiger partial charge in [-0.1, -0.05) is 23.7 Å². The smallest absolute Gasteiger partial charge is 0.0888 e. The number of hydrogen-bond acceptors (Lipinski definition) is 3. The van der Waals surface area contributed by atoms with E-state index in [0.29, 0.717) is 11.6 Å². The summed E-state index contributed by atoms with van der Waals surface area (Å²) in [6.07, 6.45) is 0.994. The molecule has 0 spiro atoms. The number of aryl methyl sites for hydroxylation is 1. The molecule has 19 heavy (non-hydrogen) atoms. The molecule has 2 aromatic rings. The van der Waals surface area contributed by atoms with E-state index < -0.39 is 6.10 Å². The van der Waals surface area contributed by atoms with Crippen molar-refractivity contribution in [2.45, 2.75) is 18.9 Å². The van der Waals surface area contributed by atoms with Crippen molar-refractivity contribution < 1.29 is 5.11 Å². The average molecular weight is 277 g/mol. The second kappa shape index (κ2) is 6.15. The maximum absolute atomic E-state index is 10.6. The van der Waals surface area contributed by atoms with E-state index in [0.717, 1.165) is 16.8 Å². The Bertz CT molecular complexity index is 545. The summed E-state index contributed by atoms with van der Waals surface area (Å²) in [5, 5.41) is 11.2. The van der Waals surface area contributed by atoms with Crippen LogP contribution in [0.5, 0.6) is 0 Å². The fourth-order valence-electron chi connectivity index (χ4n) is 2.15. The van der Waals surface area contributed by atoms with Gasteiger partial charge in [-0.25, -0.2) is 0 Å². The van der Waals surface area contributed by atoms with Gasteiger partial charge < -0.3 is 10.8 Å². The van der Waals surface area contributed by atoms with Crippen LogP contribution < -0.4 is 5.73 Å². The second-order valence-electron chi connectivity index (χ2n) is 4.54. The van der Waals surface area contributed by atoms with Crippen LogP contribution in [-0.4, -0.2) is 16.6 Å². The molecule has 1 aromatic heterocycles. The molecule has 1 aromatic carbocycles.